The van der Waals surface area contributed by atoms with Gasteiger partial charge in [-0.1, -0.05) is 0 Å². The van der Waals surface area contributed by atoms with Crippen LogP contribution in [0.2, 0.25) is 0 Å². The van der Waals surface area contributed by atoms with E-state index in [1.807, 2.05) is 4.90 Å². The Labute approximate surface area is 145 Å². The molecule has 8 heteroatoms. The number of benzene rings is 1. The number of anilines is 2. The fourth-order valence-corrected chi connectivity index (χ4v) is 2.41. The third kappa shape index (κ3) is 5.07. The van der Waals surface area contributed by atoms with Crippen LogP contribution in [0.3, 0.4) is 0 Å². The van der Waals surface area contributed by atoms with E-state index in [1.54, 1.807) is 24.3 Å². The molecular weight excluding hydrogens is 322 g/mol. The minimum absolute atomic E-state index is 0.0711. The van der Waals surface area contributed by atoms with E-state index in [-0.39, 0.29) is 17.5 Å². The second-order valence-corrected chi connectivity index (χ2v) is 5.56. The molecule has 8 nitrogen and oxygen atoms in total. The average Bonchev–Trinajstić information content (AvgIpc) is 2.65. The minimum atomic E-state index is -0.336. The molecule has 0 bridgehead atoms. The molecule has 2 aromatic rings. The van der Waals surface area contributed by atoms with Gasteiger partial charge >= 0.3 is 0 Å². The Kier molecular flexibility index (Phi) is 5.65. The van der Waals surface area contributed by atoms with Gasteiger partial charge in [0.1, 0.15) is 5.69 Å². The van der Waals surface area contributed by atoms with Gasteiger partial charge in [0, 0.05) is 36.9 Å². The SMILES string of the molecule is O=C(CN1CCOCC1)Nc1ccc(NC(=O)c2cnccn2)cc1. The third-order valence-electron chi connectivity index (χ3n) is 3.69. The van der Waals surface area contributed by atoms with E-state index in [4.69, 9.17) is 4.74 Å². The van der Waals surface area contributed by atoms with E-state index in [9.17, 15) is 9.59 Å². The van der Waals surface area contributed by atoms with Crippen molar-refractivity contribution < 1.29 is 14.3 Å². The zero-order valence-corrected chi connectivity index (χ0v) is 13.6. The molecule has 1 aliphatic rings. The normalized spacial score (nSPS) is 14.7. The topological polar surface area (TPSA) is 96.5 Å². The molecule has 0 atom stereocenters. The fraction of sp³-hybridized carbons (Fsp3) is 0.294. The van der Waals surface area contributed by atoms with Crippen molar-refractivity contribution in [1.29, 1.82) is 0 Å². The van der Waals surface area contributed by atoms with E-state index in [2.05, 4.69) is 20.6 Å². The highest BCUT2D eigenvalue weighted by Gasteiger charge is 2.14. The predicted molar refractivity (Wildman–Crippen MR) is 92.3 cm³/mol. The molecule has 2 N–H and O–H groups in total. The van der Waals surface area contributed by atoms with E-state index in [0.717, 1.165) is 13.1 Å². The summed E-state index contributed by atoms with van der Waals surface area (Å²) in [5.41, 5.74) is 1.53. The molecule has 2 amide bonds. The van der Waals surface area contributed by atoms with Crippen LogP contribution in [0, 0.1) is 0 Å². The van der Waals surface area contributed by atoms with Gasteiger partial charge < -0.3 is 15.4 Å². The minimum Gasteiger partial charge on any atom is -0.379 e. The molecule has 0 saturated carbocycles. The first-order chi connectivity index (χ1) is 12.2. The van der Waals surface area contributed by atoms with Crippen molar-refractivity contribution in [3.8, 4) is 0 Å². The molecule has 1 aliphatic heterocycles. The van der Waals surface area contributed by atoms with Gasteiger partial charge in [0.25, 0.3) is 5.91 Å². The zero-order valence-electron chi connectivity index (χ0n) is 13.6. The molecule has 1 aromatic heterocycles. The Morgan fingerprint density at radius 3 is 2.36 bits per heavy atom. The first kappa shape index (κ1) is 17.0. The summed E-state index contributed by atoms with van der Waals surface area (Å²) in [7, 11) is 0. The summed E-state index contributed by atoms with van der Waals surface area (Å²) in [6.07, 6.45) is 4.36. The summed E-state index contributed by atoms with van der Waals surface area (Å²) < 4.78 is 5.26. The van der Waals surface area contributed by atoms with Crippen molar-refractivity contribution in [3.63, 3.8) is 0 Å². The molecule has 1 aromatic carbocycles. The van der Waals surface area contributed by atoms with Crippen molar-refractivity contribution in [2.45, 2.75) is 0 Å². The highest BCUT2D eigenvalue weighted by molar-refractivity contribution is 6.02. The van der Waals surface area contributed by atoms with Crippen molar-refractivity contribution >= 4 is 23.2 Å². The maximum absolute atomic E-state index is 12.0. The number of morpholine rings is 1. The van der Waals surface area contributed by atoms with Gasteiger partial charge in [0.15, 0.2) is 0 Å². The summed E-state index contributed by atoms with van der Waals surface area (Å²) in [4.78, 5) is 33.9. The number of carbonyl (C=O) groups is 2. The van der Waals surface area contributed by atoms with E-state index in [0.29, 0.717) is 31.1 Å². The summed E-state index contributed by atoms with van der Waals surface area (Å²) in [6, 6.07) is 6.92. The molecule has 25 heavy (non-hydrogen) atoms. The van der Waals surface area contributed by atoms with Crippen LogP contribution < -0.4 is 10.6 Å². The summed E-state index contributed by atoms with van der Waals surface area (Å²) in [5.74, 6) is -0.407. The standard InChI is InChI=1S/C17H19N5O3/c23-16(12-22-7-9-25-10-8-22)20-13-1-3-14(4-2-13)21-17(24)15-11-18-5-6-19-15/h1-6,11H,7-10,12H2,(H,20,23)(H,21,24). The molecular formula is C17H19N5O3. The Morgan fingerprint density at radius 1 is 1.04 bits per heavy atom. The van der Waals surface area contributed by atoms with Crippen LogP contribution in [-0.4, -0.2) is 59.5 Å². The molecule has 1 saturated heterocycles. The van der Waals surface area contributed by atoms with Crippen molar-refractivity contribution in [1.82, 2.24) is 14.9 Å². The second kappa shape index (κ2) is 8.32. The summed E-state index contributed by atoms with van der Waals surface area (Å²) >= 11 is 0. The molecule has 2 heterocycles. The largest absolute Gasteiger partial charge is 0.379 e. The lowest BCUT2D eigenvalue weighted by Crippen LogP contribution is -2.41. The number of carbonyl (C=O) groups excluding carboxylic acids is 2. The van der Waals surface area contributed by atoms with Gasteiger partial charge in [-0.2, -0.15) is 0 Å². The van der Waals surface area contributed by atoms with Crippen LogP contribution >= 0.6 is 0 Å². The number of aromatic nitrogens is 2. The second-order valence-electron chi connectivity index (χ2n) is 5.56. The van der Waals surface area contributed by atoms with Crippen LogP contribution in [0.25, 0.3) is 0 Å². The lowest BCUT2D eigenvalue weighted by molar-refractivity contribution is -0.118. The third-order valence-corrected chi connectivity index (χ3v) is 3.69. The molecule has 0 aliphatic carbocycles. The molecule has 0 spiro atoms. The van der Waals surface area contributed by atoms with E-state index >= 15 is 0 Å². The fourth-order valence-electron chi connectivity index (χ4n) is 2.41. The number of nitrogens with zero attached hydrogens (tertiary/aromatic N) is 3. The zero-order chi connectivity index (χ0) is 17.5. The smallest absolute Gasteiger partial charge is 0.275 e. The van der Waals surface area contributed by atoms with Crippen LogP contribution in [-0.2, 0) is 9.53 Å². The van der Waals surface area contributed by atoms with E-state index < -0.39 is 0 Å². The number of hydrogen-bond donors (Lipinski definition) is 2. The highest BCUT2D eigenvalue weighted by Crippen LogP contribution is 2.14. The Balaban J connectivity index is 1.51. The van der Waals surface area contributed by atoms with Crippen LogP contribution in [0.1, 0.15) is 10.5 Å². The number of rotatable bonds is 5. The monoisotopic (exact) mass is 341 g/mol. The maximum atomic E-state index is 12.0. The average molecular weight is 341 g/mol. The lowest BCUT2D eigenvalue weighted by Gasteiger charge is -2.25. The van der Waals surface area contributed by atoms with Crippen molar-refractivity contribution in [2.24, 2.45) is 0 Å². The lowest BCUT2D eigenvalue weighted by atomic mass is 10.2. The molecule has 3 rings (SSSR count). The van der Waals surface area contributed by atoms with Crippen molar-refractivity contribution in [3.05, 3.63) is 48.5 Å². The molecule has 0 radical (unpaired) electrons. The van der Waals surface area contributed by atoms with Crippen LogP contribution in [0.4, 0.5) is 11.4 Å². The van der Waals surface area contributed by atoms with Gasteiger partial charge in [-0.3, -0.25) is 19.5 Å². The van der Waals surface area contributed by atoms with Gasteiger partial charge in [0.05, 0.1) is 26.0 Å². The first-order valence-corrected chi connectivity index (χ1v) is 7.98. The van der Waals surface area contributed by atoms with Crippen LogP contribution in [0.5, 0.6) is 0 Å². The highest BCUT2D eigenvalue weighted by atomic mass is 16.5. The number of hydrogen-bond acceptors (Lipinski definition) is 6. The number of amides is 2. The molecule has 0 unspecified atom stereocenters. The number of ether oxygens (including phenoxy) is 1. The van der Waals surface area contributed by atoms with Crippen LogP contribution in [0.15, 0.2) is 42.9 Å². The first-order valence-electron chi connectivity index (χ1n) is 7.98. The van der Waals surface area contributed by atoms with Gasteiger partial charge in [-0.15, -0.1) is 0 Å². The van der Waals surface area contributed by atoms with Crippen molar-refractivity contribution in [2.75, 3.05) is 43.5 Å². The molecule has 1 fully saturated rings. The Bertz CT molecular complexity index is 715. The quantitative estimate of drug-likeness (QED) is 0.842. The van der Waals surface area contributed by atoms with Gasteiger partial charge in [0.2, 0.25) is 5.91 Å². The Hall–Kier alpha value is -2.84. The predicted octanol–water partition coefficient (Wildman–Crippen LogP) is 1.000. The Morgan fingerprint density at radius 2 is 1.72 bits per heavy atom. The van der Waals surface area contributed by atoms with Gasteiger partial charge in [-0.05, 0) is 24.3 Å². The van der Waals surface area contributed by atoms with Gasteiger partial charge in [-0.25, -0.2) is 4.98 Å². The summed E-state index contributed by atoms with van der Waals surface area (Å²) in [5, 5.41) is 5.57. The summed E-state index contributed by atoms with van der Waals surface area (Å²) in [6.45, 7) is 3.19. The number of nitrogens with one attached hydrogen (secondary N) is 2. The molecule has 130 valence electrons. The van der Waals surface area contributed by atoms with E-state index in [1.165, 1.54) is 18.6 Å². The maximum Gasteiger partial charge on any atom is 0.275 e.